The van der Waals surface area contributed by atoms with Gasteiger partial charge in [0.25, 0.3) is 0 Å². The van der Waals surface area contributed by atoms with Gasteiger partial charge in [0.2, 0.25) is 0 Å². The molecule has 0 amide bonds. The minimum Gasteiger partial charge on any atom is -0.395 e. The molecule has 17 heavy (non-hydrogen) atoms. The van der Waals surface area contributed by atoms with Crippen molar-refractivity contribution in [1.82, 2.24) is 4.98 Å². The number of hydrogen-bond donors (Lipinski definition) is 1. The summed E-state index contributed by atoms with van der Waals surface area (Å²) in [5, 5.41) is 0. The molecule has 0 radical (unpaired) electrons. The van der Waals surface area contributed by atoms with E-state index >= 15 is 0 Å². The molecule has 0 aliphatic rings. The third-order valence-corrected chi connectivity index (χ3v) is 7.06. The first-order valence-electron chi connectivity index (χ1n) is 6.71. The predicted octanol–water partition coefficient (Wildman–Crippen LogP) is 3.58. The third-order valence-electron chi connectivity index (χ3n) is 2.35. The van der Waals surface area contributed by atoms with E-state index in [-0.39, 0.29) is 0 Å². The van der Waals surface area contributed by atoms with Crippen LogP contribution in [0.3, 0.4) is 0 Å². The zero-order valence-corrected chi connectivity index (χ0v) is 15.1. The molecule has 0 aliphatic heterocycles. The van der Waals surface area contributed by atoms with Gasteiger partial charge >= 0.3 is 8.56 Å². The van der Waals surface area contributed by atoms with Crippen LogP contribution in [0.15, 0.2) is 0 Å². The van der Waals surface area contributed by atoms with E-state index in [2.05, 4.69) is 38.1 Å². The number of hydrogen-bond acceptors (Lipinski definition) is 3. The minimum atomic E-state index is -1.75. The molecule has 0 rings (SSSR count). The van der Waals surface area contributed by atoms with Crippen LogP contribution < -0.4 is 4.98 Å². The van der Waals surface area contributed by atoms with Crippen LogP contribution in [0, 0.1) is 0 Å². The van der Waals surface area contributed by atoms with Gasteiger partial charge in [0.1, 0.15) is 8.24 Å². The van der Waals surface area contributed by atoms with Gasteiger partial charge in [-0.1, -0.05) is 33.0 Å². The van der Waals surface area contributed by atoms with E-state index < -0.39 is 16.8 Å². The predicted molar refractivity (Wildman–Crippen MR) is 82.4 cm³/mol. The molecule has 0 aliphatic carbocycles. The minimum absolute atomic E-state index is 0.780. The molecule has 0 spiro atoms. The summed E-state index contributed by atoms with van der Waals surface area (Å²) >= 11 is 0. The Bertz CT molecular complexity index is 155. The molecule has 0 fully saturated rings. The second-order valence-corrected chi connectivity index (χ2v) is 13.6. The SMILES string of the molecule is CCC[Si](C)(OCC)OCC.CN[Si](C)(C)C. The summed E-state index contributed by atoms with van der Waals surface area (Å²) in [7, 11) is -0.611. The highest BCUT2D eigenvalue weighted by Crippen LogP contribution is 2.14. The summed E-state index contributed by atoms with van der Waals surface area (Å²) in [5.41, 5.74) is 0. The molecule has 0 atom stereocenters. The Morgan fingerprint density at radius 3 is 1.41 bits per heavy atom. The highest BCUT2D eigenvalue weighted by atomic mass is 28.4. The first kappa shape index (κ1) is 19.6. The van der Waals surface area contributed by atoms with Gasteiger partial charge in [-0.15, -0.1) is 0 Å². The largest absolute Gasteiger partial charge is 0.395 e. The summed E-state index contributed by atoms with van der Waals surface area (Å²) < 4.78 is 11.3. The van der Waals surface area contributed by atoms with E-state index in [1.807, 2.05) is 20.9 Å². The van der Waals surface area contributed by atoms with Crippen LogP contribution in [0.5, 0.6) is 0 Å². The third kappa shape index (κ3) is 14.3. The smallest absolute Gasteiger partial charge is 0.334 e. The zero-order chi connectivity index (χ0) is 13.9. The average Bonchev–Trinajstić information content (AvgIpc) is 2.18. The van der Waals surface area contributed by atoms with Gasteiger partial charge in [0, 0.05) is 13.2 Å². The molecule has 0 aromatic rings. The van der Waals surface area contributed by atoms with Gasteiger partial charge in [0.15, 0.2) is 0 Å². The van der Waals surface area contributed by atoms with E-state index in [0.717, 1.165) is 25.7 Å². The monoisotopic (exact) mass is 279 g/mol. The van der Waals surface area contributed by atoms with Gasteiger partial charge in [-0.2, -0.15) is 0 Å². The Hall–Kier alpha value is 0.314. The quantitative estimate of drug-likeness (QED) is 0.723. The summed E-state index contributed by atoms with van der Waals surface area (Å²) in [6.07, 6.45) is 1.16. The van der Waals surface area contributed by atoms with Gasteiger partial charge in [-0.25, -0.2) is 0 Å². The molecular formula is C12H33NO2Si2. The average molecular weight is 280 g/mol. The molecule has 0 heterocycles. The highest BCUT2D eigenvalue weighted by molar-refractivity contribution is 6.73. The van der Waals surface area contributed by atoms with Crippen molar-refractivity contribution in [2.45, 2.75) is 59.4 Å². The molecule has 0 aromatic carbocycles. The molecule has 3 nitrogen and oxygen atoms in total. The summed E-state index contributed by atoms with van der Waals surface area (Å²) in [4.78, 5) is 3.24. The Morgan fingerprint density at radius 2 is 1.24 bits per heavy atom. The van der Waals surface area contributed by atoms with Crippen LogP contribution in [0.4, 0.5) is 0 Å². The summed E-state index contributed by atoms with van der Waals surface area (Å²) in [5.74, 6) is 0. The van der Waals surface area contributed by atoms with E-state index in [1.165, 1.54) is 0 Å². The zero-order valence-electron chi connectivity index (χ0n) is 13.1. The lowest BCUT2D eigenvalue weighted by Gasteiger charge is -2.25. The van der Waals surface area contributed by atoms with Crippen LogP contribution in [0.2, 0.25) is 32.2 Å². The van der Waals surface area contributed by atoms with Gasteiger partial charge in [-0.05, 0) is 33.5 Å². The van der Waals surface area contributed by atoms with Crippen molar-refractivity contribution in [3.63, 3.8) is 0 Å². The number of rotatable bonds is 7. The maximum atomic E-state index is 5.63. The normalized spacial score (nSPS) is 12.0. The molecule has 0 aromatic heterocycles. The summed E-state index contributed by atoms with van der Waals surface area (Å²) in [6.45, 7) is 16.7. The lowest BCUT2D eigenvalue weighted by molar-refractivity contribution is 0.189. The molecule has 0 unspecified atom stereocenters. The molecule has 0 saturated carbocycles. The standard InChI is InChI=1S/C8H20O2Si.C4H13NSi/c1-5-8-11(4,9-6-2)10-7-3;1-5-6(2,3)4/h5-8H2,1-4H3;5H,1-4H3. The maximum absolute atomic E-state index is 5.63. The van der Waals surface area contributed by atoms with Crippen LogP contribution in [-0.2, 0) is 8.85 Å². The maximum Gasteiger partial charge on any atom is 0.334 e. The van der Waals surface area contributed by atoms with Crippen molar-refractivity contribution in [2.24, 2.45) is 0 Å². The van der Waals surface area contributed by atoms with E-state index in [4.69, 9.17) is 8.85 Å². The Kier molecular flexibility index (Phi) is 11.9. The Labute approximate surface area is 111 Å². The molecule has 106 valence electrons. The van der Waals surface area contributed by atoms with Crippen molar-refractivity contribution >= 4 is 16.8 Å². The molecule has 0 bridgehead atoms. The topological polar surface area (TPSA) is 30.5 Å². The lowest BCUT2D eigenvalue weighted by atomic mass is 10.6. The second-order valence-electron chi connectivity index (χ2n) is 5.25. The molecular weight excluding hydrogens is 246 g/mol. The Balaban J connectivity index is 0. The van der Waals surface area contributed by atoms with Crippen LogP contribution in [0.1, 0.15) is 27.2 Å². The Morgan fingerprint density at radius 1 is 0.882 bits per heavy atom. The van der Waals surface area contributed by atoms with Crippen LogP contribution in [-0.4, -0.2) is 37.1 Å². The van der Waals surface area contributed by atoms with E-state index in [9.17, 15) is 0 Å². The van der Waals surface area contributed by atoms with Crippen molar-refractivity contribution in [3.05, 3.63) is 0 Å². The summed E-state index contributed by atoms with van der Waals surface area (Å²) in [6, 6.07) is 1.11. The first-order valence-corrected chi connectivity index (χ1v) is 12.7. The molecule has 5 heteroatoms. The van der Waals surface area contributed by atoms with Gasteiger partial charge in [-0.3, -0.25) is 0 Å². The lowest BCUT2D eigenvalue weighted by Crippen LogP contribution is -2.38. The fourth-order valence-electron chi connectivity index (χ4n) is 1.25. The van der Waals surface area contributed by atoms with Gasteiger partial charge in [0.05, 0.1) is 0 Å². The van der Waals surface area contributed by atoms with E-state index in [1.54, 1.807) is 0 Å². The van der Waals surface area contributed by atoms with E-state index in [0.29, 0.717) is 0 Å². The van der Waals surface area contributed by atoms with Crippen molar-refractivity contribution in [3.8, 4) is 0 Å². The second kappa shape index (κ2) is 10.3. The van der Waals surface area contributed by atoms with Crippen molar-refractivity contribution in [2.75, 3.05) is 20.3 Å². The van der Waals surface area contributed by atoms with Crippen molar-refractivity contribution < 1.29 is 8.85 Å². The van der Waals surface area contributed by atoms with Crippen molar-refractivity contribution in [1.29, 1.82) is 0 Å². The fraction of sp³-hybridized carbons (Fsp3) is 1.00. The molecule has 1 N–H and O–H groups in total. The number of nitrogens with one attached hydrogen (secondary N) is 1. The van der Waals surface area contributed by atoms with Crippen LogP contribution in [0.25, 0.3) is 0 Å². The van der Waals surface area contributed by atoms with Crippen LogP contribution >= 0.6 is 0 Å². The molecule has 0 saturated heterocycles. The van der Waals surface area contributed by atoms with Gasteiger partial charge < -0.3 is 13.8 Å². The highest BCUT2D eigenvalue weighted by Gasteiger charge is 2.28. The first-order chi connectivity index (χ1) is 7.74. The fourth-order valence-corrected chi connectivity index (χ4v) is 3.75.